The maximum absolute atomic E-state index is 13.4. The fourth-order valence-corrected chi connectivity index (χ4v) is 9.80. The summed E-state index contributed by atoms with van der Waals surface area (Å²) in [5, 5.41) is 0.914. The van der Waals surface area contributed by atoms with E-state index in [-0.39, 0.29) is 51.1 Å². The Morgan fingerprint density at radius 3 is 1.33 bits per heavy atom. The number of aromatic amines is 2. The van der Waals surface area contributed by atoms with E-state index in [0.717, 1.165) is 28.8 Å². The highest BCUT2D eigenvalue weighted by Gasteiger charge is 2.26. The van der Waals surface area contributed by atoms with Gasteiger partial charge >= 0.3 is 0 Å². The van der Waals surface area contributed by atoms with Crippen molar-refractivity contribution in [2.24, 2.45) is 0 Å². The van der Waals surface area contributed by atoms with Crippen LogP contribution in [0.1, 0.15) is 43.3 Å². The highest BCUT2D eigenvalue weighted by atomic mass is 35.5. The number of carbonyl (C=O) groups is 2. The maximum Gasteiger partial charge on any atom is 0.266 e. The van der Waals surface area contributed by atoms with E-state index in [2.05, 4.69) is 20.8 Å². The van der Waals surface area contributed by atoms with Gasteiger partial charge in [-0.1, -0.05) is 99.9 Å². The molecule has 0 radical (unpaired) electrons. The Hall–Kier alpha value is -4.32. The number of amides is 2. The minimum absolute atomic E-state index is 0.0459. The Morgan fingerprint density at radius 1 is 0.509 bits per heavy atom. The number of halogens is 6. The Balaban J connectivity index is 1.20. The summed E-state index contributed by atoms with van der Waals surface area (Å²) in [5.41, 5.74) is 8.40. The largest absolute Gasteiger partial charge is 0.361 e. The number of fused-ring (bicyclic) bond motifs is 2. The van der Waals surface area contributed by atoms with Gasteiger partial charge in [0, 0.05) is 51.2 Å². The summed E-state index contributed by atoms with van der Waals surface area (Å²) in [6.07, 6.45) is 3.61. The topological polar surface area (TPSA) is 182 Å². The van der Waals surface area contributed by atoms with Gasteiger partial charge in [0.25, 0.3) is 31.9 Å². The molecule has 7 aromatic rings. The lowest BCUT2D eigenvalue weighted by Crippen LogP contribution is -2.41. The van der Waals surface area contributed by atoms with Gasteiger partial charge in [-0.15, -0.1) is 9.66 Å². The smallest absolute Gasteiger partial charge is 0.266 e. The van der Waals surface area contributed by atoms with E-state index >= 15 is 0 Å². The lowest BCUT2D eigenvalue weighted by Gasteiger charge is -2.18. The summed E-state index contributed by atoms with van der Waals surface area (Å²) in [6, 6.07) is 23.6. The third kappa shape index (κ3) is 8.34. The number of nitrogens with one attached hydrogen (secondary N) is 6. The van der Waals surface area contributed by atoms with Crippen LogP contribution in [0.4, 0.5) is 0 Å². The molecule has 20 heteroatoms. The molecule has 2 aromatic heterocycles. The summed E-state index contributed by atoms with van der Waals surface area (Å²) < 4.78 is 52.1. The average Bonchev–Trinajstić information content (AvgIpc) is 3.80. The van der Waals surface area contributed by atoms with E-state index in [1.807, 2.05) is 40.0 Å². The molecular weight excluding hydrogens is 901 g/mol. The highest BCUT2D eigenvalue weighted by molar-refractivity contribution is 7.89. The molecule has 0 bridgehead atoms. The van der Waals surface area contributed by atoms with Gasteiger partial charge in [0.2, 0.25) is 0 Å². The standard InChI is InChI=1S/C37H24Cl6N6O6S2/c38-25-12-29(42)33(14-27(25)40)56(52,53)48-46-36(50)19-6-8-31-21(10-19)23(16-44-31)35(18-4-2-1-3-5-18)24-17-45-32-9-7-20(11-22(24)32)37(51)47-49-57(54,55)34-15-28(41)26(39)13-30(34)43/h1-17,35,44-45,48-49H,(H,46,50)(H,47,51). The van der Waals surface area contributed by atoms with Gasteiger partial charge in [-0.05, 0) is 77.4 Å². The number of carbonyl (C=O) groups excluding carboxylic acids is 2. The molecule has 0 aliphatic carbocycles. The van der Waals surface area contributed by atoms with E-state index < -0.39 is 37.8 Å². The van der Waals surface area contributed by atoms with Crippen molar-refractivity contribution < 1.29 is 26.4 Å². The van der Waals surface area contributed by atoms with Crippen LogP contribution in [0, 0.1) is 0 Å². The van der Waals surface area contributed by atoms with Crippen LogP contribution >= 0.6 is 69.6 Å². The molecule has 5 aromatic carbocycles. The van der Waals surface area contributed by atoms with Crippen LogP contribution in [0.5, 0.6) is 0 Å². The quantitative estimate of drug-likeness (QED) is 0.0556. The number of hydrogen-bond donors (Lipinski definition) is 6. The van der Waals surface area contributed by atoms with Gasteiger partial charge in [0.05, 0.1) is 30.1 Å². The molecule has 2 amide bonds. The molecule has 6 N–H and O–H groups in total. The van der Waals surface area contributed by atoms with Crippen molar-refractivity contribution >= 4 is 123 Å². The number of sulfonamides is 2. The van der Waals surface area contributed by atoms with Crippen LogP contribution in [0.25, 0.3) is 21.8 Å². The molecule has 0 spiro atoms. The minimum Gasteiger partial charge on any atom is -0.361 e. The number of rotatable bonds is 11. The normalized spacial score (nSPS) is 12.1. The van der Waals surface area contributed by atoms with Crippen molar-refractivity contribution in [2.45, 2.75) is 15.7 Å². The van der Waals surface area contributed by atoms with Crippen LogP contribution in [0.3, 0.4) is 0 Å². The van der Waals surface area contributed by atoms with E-state index in [1.54, 1.807) is 36.7 Å². The fourth-order valence-electron chi connectivity index (χ4n) is 6.12. The monoisotopic (exact) mass is 922 g/mol. The molecule has 0 fully saturated rings. The third-order valence-corrected chi connectivity index (χ3v) is 13.7. The number of H-pyrrole nitrogens is 2. The highest BCUT2D eigenvalue weighted by Crippen LogP contribution is 2.40. The van der Waals surface area contributed by atoms with Crippen molar-refractivity contribution in [3.8, 4) is 0 Å². The first kappa shape index (κ1) is 40.9. The predicted octanol–water partition coefficient (Wildman–Crippen LogP) is 9.00. The van der Waals surface area contributed by atoms with E-state index in [0.29, 0.717) is 21.8 Å². The van der Waals surface area contributed by atoms with E-state index in [1.165, 1.54) is 24.3 Å². The third-order valence-electron chi connectivity index (χ3n) is 8.83. The van der Waals surface area contributed by atoms with Crippen molar-refractivity contribution in [3.05, 3.63) is 161 Å². The number of benzene rings is 5. The minimum atomic E-state index is -4.35. The molecular formula is C37H24Cl6N6O6S2. The summed E-state index contributed by atoms with van der Waals surface area (Å²) in [4.78, 5) is 36.5. The maximum atomic E-state index is 13.4. The van der Waals surface area contributed by atoms with Gasteiger partial charge in [-0.25, -0.2) is 16.8 Å². The molecule has 2 heterocycles. The molecule has 57 heavy (non-hydrogen) atoms. The zero-order valence-electron chi connectivity index (χ0n) is 28.4. The zero-order chi connectivity index (χ0) is 40.8. The van der Waals surface area contributed by atoms with Crippen LogP contribution < -0.4 is 20.5 Å². The van der Waals surface area contributed by atoms with E-state index in [4.69, 9.17) is 69.6 Å². The lowest BCUT2D eigenvalue weighted by atomic mass is 9.84. The van der Waals surface area contributed by atoms with Crippen molar-refractivity contribution in [1.82, 2.24) is 30.5 Å². The first-order valence-corrected chi connectivity index (χ1v) is 21.5. The molecule has 7 rings (SSSR count). The van der Waals surface area contributed by atoms with Crippen LogP contribution in [0.15, 0.2) is 113 Å². The first-order valence-electron chi connectivity index (χ1n) is 16.2. The molecule has 0 aliphatic rings. The number of hydrazine groups is 2. The van der Waals surface area contributed by atoms with Gasteiger partial charge in [0.1, 0.15) is 9.79 Å². The summed E-state index contributed by atoms with van der Waals surface area (Å²) in [7, 11) is -8.71. The molecule has 0 saturated heterocycles. The van der Waals surface area contributed by atoms with Crippen LogP contribution in [0.2, 0.25) is 30.1 Å². The van der Waals surface area contributed by atoms with Gasteiger partial charge in [-0.2, -0.15) is 0 Å². The number of hydrogen-bond acceptors (Lipinski definition) is 6. The molecule has 0 unspecified atom stereocenters. The molecule has 0 atom stereocenters. The van der Waals surface area contributed by atoms with Crippen molar-refractivity contribution in [3.63, 3.8) is 0 Å². The van der Waals surface area contributed by atoms with Crippen molar-refractivity contribution in [2.75, 3.05) is 0 Å². The molecule has 0 aliphatic heterocycles. The van der Waals surface area contributed by atoms with Gasteiger partial charge in [0.15, 0.2) is 0 Å². The number of aromatic nitrogens is 2. The average molecular weight is 925 g/mol. The second kappa shape index (κ2) is 16.1. The van der Waals surface area contributed by atoms with Crippen LogP contribution in [-0.4, -0.2) is 38.6 Å². The summed E-state index contributed by atoms with van der Waals surface area (Å²) >= 11 is 36.1. The van der Waals surface area contributed by atoms with Crippen LogP contribution in [-0.2, 0) is 20.0 Å². The first-order chi connectivity index (χ1) is 27.0. The Labute approximate surface area is 354 Å². The predicted molar refractivity (Wildman–Crippen MR) is 223 cm³/mol. The Bertz CT molecular complexity index is 2800. The van der Waals surface area contributed by atoms with E-state index in [9.17, 15) is 26.4 Å². The van der Waals surface area contributed by atoms with Gasteiger partial charge < -0.3 is 9.97 Å². The molecule has 12 nitrogen and oxygen atoms in total. The second-order valence-corrected chi connectivity index (χ2v) is 18.1. The van der Waals surface area contributed by atoms with Crippen molar-refractivity contribution in [1.29, 1.82) is 0 Å². The second-order valence-electron chi connectivity index (χ2n) is 12.4. The zero-order valence-corrected chi connectivity index (χ0v) is 34.6. The lowest BCUT2D eigenvalue weighted by molar-refractivity contribution is 0.0937. The van der Waals surface area contributed by atoms with Gasteiger partial charge in [-0.3, -0.25) is 20.4 Å². The summed E-state index contributed by atoms with van der Waals surface area (Å²) in [5.74, 6) is -2.00. The fraction of sp³-hybridized carbons (Fsp3) is 0.0270. The Morgan fingerprint density at radius 2 is 0.912 bits per heavy atom. The summed E-state index contributed by atoms with van der Waals surface area (Å²) in [6.45, 7) is 0. The SMILES string of the molecule is O=C(NNS(=O)(=O)c1cc(Cl)c(Cl)cc1Cl)c1ccc2[nH]cc(C(c3ccccc3)c3c[nH]c4ccc(C(=O)NNS(=O)(=O)c5cc(Cl)c(Cl)cc5Cl)cc34)c2c1. The molecule has 0 saturated carbocycles. The molecule has 292 valence electrons. The Kier molecular flexibility index (Phi) is 11.6.